The molecule has 1 rings (SSSR count). The van der Waals surface area contributed by atoms with Gasteiger partial charge < -0.3 is 0 Å². The van der Waals surface area contributed by atoms with Crippen LogP contribution in [0.15, 0.2) is 10.9 Å². The topological polar surface area (TPSA) is 45.8 Å². The second kappa shape index (κ2) is 2.84. The Kier molecular flexibility index (Phi) is 2.06. The molecular weight excluding hydrogens is 152 g/mol. The van der Waals surface area contributed by atoms with Gasteiger partial charge in [0.15, 0.2) is 0 Å². The molecule has 0 unspecified atom stereocenters. The van der Waals surface area contributed by atoms with Crippen LogP contribution in [0.25, 0.3) is 0 Å². The lowest BCUT2D eigenvalue weighted by Crippen LogP contribution is -2.13. The van der Waals surface area contributed by atoms with Crippen LogP contribution < -0.4 is 5.56 Å². The number of aromatic amines is 1. The molecule has 1 aromatic rings. The van der Waals surface area contributed by atoms with Crippen molar-refractivity contribution >= 4 is 11.6 Å². The van der Waals surface area contributed by atoms with Gasteiger partial charge in [-0.05, 0) is 13.0 Å². The average Bonchev–Trinajstić information content (AvgIpc) is 1.94. The summed E-state index contributed by atoms with van der Waals surface area (Å²) < 4.78 is 0. The first-order chi connectivity index (χ1) is 4.74. The molecule has 0 bridgehead atoms. The van der Waals surface area contributed by atoms with Crippen LogP contribution in [0.5, 0.6) is 0 Å². The fourth-order valence-corrected chi connectivity index (χ4v) is 0.859. The number of nitrogens with zero attached hydrogens (tertiary/aromatic N) is 1. The Hall–Kier alpha value is -0.830. The van der Waals surface area contributed by atoms with Gasteiger partial charge in [-0.25, -0.2) is 5.10 Å². The number of alkyl halides is 1. The van der Waals surface area contributed by atoms with E-state index in [0.29, 0.717) is 5.56 Å². The van der Waals surface area contributed by atoms with E-state index in [1.807, 2.05) is 0 Å². The molecular formula is C6H7ClN2O. The molecule has 10 heavy (non-hydrogen) atoms. The highest BCUT2D eigenvalue weighted by molar-refractivity contribution is 6.17. The minimum Gasteiger partial charge on any atom is -0.268 e. The maximum absolute atomic E-state index is 10.8. The van der Waals surface area contributed by atoms with Gasteiger partial charge >= 0.3 is 0 Å². The molecule has 0 saturated heterocycles. The smallest absolute Gasteiger partial charge is 0.268 e. The molecule has 1 N–H and O–H groups in total. The predicted molar refractivity (Wildman–Crippen MR) is 39.2 cm³/mol. The van der Waals surface area contributed by atoms with Gasteiger partial charge in [-0.3, -0.25) is 4.79 Å². The van der Waals surface area contributed by atoms with E-state index in [1.54, 1.807) is 13.0 Å². The minimum absolute atomic E-state index is 0.208. The van der Waals surface area contributed by atoms with Crippen molar-refractivity contribution in [1.82, 2.24) is 10.2 Å². The maximum atomic E-state index is 10.8. The zero-order valence-corrected chi connectivity index (χ0v) is 6.27. The van der Waals surface area contributed by atoms with Crippen LogP contribution in [0.4, 0.5) is 0 Å². The van der Waals surface area contributed by atoms with Crippen molar-refractivity contribution in [3.8, 4) is 0 Å². The number of halogens is 1. The van der Waals surface area contributed by atoms with Crippen molar-refractivity contribution in [1.29, 1.82) is 0 Å². The summed E-state index contributed by atoms with van der Waals surface area (Å²) in [7, 11) is 0. The monoisotopic (exact) mass is 158 g/mol. The lowest BCUT2D eigenvalue weighted by Gasteiger charge is -1.92. The third-order valence-corrected chi connectivity index (χ3v) is 1.44. The number of rotatable bonds is 1. The fourth-order valence-electron chi connectivity index (χ4n) is 0.660. The van der Waals surface area contributed by atoms with Gasteiger partial charge in [-0.1, -0.05) is 0 Å². The van der Waals surface area contributed by atoms with Gasteiger partial charge in [-0.15, -0.1) is 11.6 Å². The maximum Gasteiger partial charge on any atom is 0.268 e. The Balaban J connectivity index is 3.22. The first-order valence-corrected chi connectivity index (χ1v) is 3.38. The molecule has 0 radical (unpaired) electrons. The minimum atomic E-state index is -0.208. The van der Waals surface area contributed by atoms with Crippen LogP contribution in [0.1, 0.15) is 11.3 Å². The Morgan fingerprint density at radius 3 is 3.00 bits per heavy atom. The lowest BCUT2D eigenvalue weighted by molar-refractivity contribution is 0.925. The average molecular weight is 159 g/mol. The quantitative estimate of drug-likeness (QED) is 0.615. The molecule has 1 heterocycles. The van der Waals surface area contributed by atoms with Gasteiger partial charge in [0, 0.05) is 5.56 Å². The summed E-state index contributed by atoms with van der Waals surface area (Å²) in [4.78, 5) is 10.8. The zero-order valence-electron chi connectivity index (χ0n) is 5.52. The largest absolute Gasteiger partial charge is 0.268 e. The highest BCUT2D eigenvalue weighted by Gasteiger charge is 1.96. The Labute approximate surface area is 63.0 Å². The van der Waals surface area contributed by atoms with Crippen LogP contribution in [-0.4, -0.2) is 10.2 Å². The third kappa shape index (κ3) is 1.36. The highest BCUT2D eigenvalue weighted by Crippen LogP contribution is 1.96. The number of H-pyrrole nitrogens is 1. The Morgan fingerprint density at radius 2 is 2.50 bits per heavy atom. The van der Waals surface area contributed by atoms with E-state index in [1.165, 1.54) is 0 Å². The van der Waals surface area contributed by atoms with Crippen molar-refractivity contribution in [2.24, 2.45) is 0 Å². The van der Waals surface area contributed by atoms with E-state index in [9.17, 15) is 4.79 Å². The number of hydrogen-bond donors (Lipinski definition) is 1. The molecule has 0 aromatic carbocycles. The van der Waals surface area contributed by atoms with Crippen molar-refractivity contribution in [3.05, 3.63) is 27.7 Å². The molecule has 1 aromatic heterocycles. The Bertz CT molecular complexity index is 281. The van der Waals surface area contributed by atoms with E-state index >= 15 is 0 Å². The number of hydrogen-bond acceptors (Lipinski definition) is 2. The van der Waals surface area contributed by atoms with Gasteiger partial charge in [0.2, 0.25) is 0 Å². The molecule has 0 atom stereocenters. The van der Waals surface area contributed by atoms with Gasteiger partial charge in [-0.2, -0.15) is 5.10 Å². The van der Waals surface area contributed by atoms with E-state index in [-0.39, 0.29) is 11.4 Å². The van der Waals surface area contributed by atoms with E-state index in [2.05, 4.69) is 10.2 Å². The Morgan fingerprint density at radius 1 is 1.80 bits per heavy atom. The van der Waals surface area contributed by atoms with E-state index < -0.39 is 0 Å². The summed E-state index contributed by atoms with van der Waals surface area (Å²) in [6.45, 7) is 1.80. The van der Waals surface area contributed by atoms with Crippen LogP contribution in [0.2, 0.25) is 0 Å². The molecule has 0 aliphatic heterocycles. The summed E-state index contributed by atoms with van der Waals surface area (Å²) in [6, 6.07) is 1.67. The van der Waals surface area contributed by atoms with Gasteiger partial charge in [0.05, 0.1) is 11.6 Å². The van der Waals surface area contributed by atoms with Crippen molar-refractivity contribution in [2.45, 2.75) is 12.8 Å². The first-order valence-electron chi connectivity index (χ1n) is 2.85. The van der Waals surface area contributed by atoms with E-state index in [0.717, 1.165) is 5.69 Å². The summed E-state index contributed by atoms with van der Waals surface area (Å²) >= 11 is 5.46. The van der Waals surface area contributed by atoms with Crippen LogP contribution in [-0.2, 0) is 5.88 Å². The summed E-state index contributed by atoms with van der Waals surface area (Å²) in [5.41, 5.74) is 1.13. The number of nitrogens with one attached hydrogen (secondary N) is 1. The molecule has 0 aliphatic rings. The SMILES string of the molecule is Cc1cc(CCl)c(=O)[nH]n1. The summed E-state index contributed by atoms with van der Waals surface area (Å²) in [5, 5.41) is 6.02. The normalized spacial score (nSPS) is 9.80. The molecule has 0 spiro atoms. The predicted octanol–water partition coefficient (Wildman–Crippen LogP) is 0.817. The van der Waals surface area contributed by atoms with Crippen molar-refractivity contribution < 1.29 is 0 Å². The molecule has 0 aliphatic carbocycles. The zero-order chi connectivity index (χ0) is 7.56. The second-order valence-corrected chi connectivity index (χ2v) is 2.26. The molecule has 0 amide bonds. The van der Waals surface area contributed by atoms with Crippen LogP contribution in [0, 0.1) is 6.92 Å². The fraction of sp³-hybridized carbons (Fsp3) is 0.333. The summed E-state index contributed by atoms with van der Waals surface area (Å²) in [6.07, 6.45) is 0. The molecule has 0 fully saturated rings. The van der Waals surface area contributed by atoms with Crippen molar-refractivity contribution in [2.75, 3.05) is 0 Å². The second-order valence-electron chi connectivity index (χ2n) is 2.00. The number of aryl methyl sites for hydroxylation is 1. The van der Waals surface area contributed by atoms with Crippen molar-refractivity contribution in [3.63, 3.8) is 0 Å². The molecule has 0 saturated carbocycles. The lowest BCUT2D eigenvalue weighted by atomic mass is 10.3. The molecule has 3 nitrogen and oxygen atoms in total. The summed E-state index contributed by atoms with van der Waals surface area (Å²) in [5.74, 6) is 0.235. The van der Waals surface area contributed by atoms with E-state index in [4.69, 9.17) is 11.6 Å². The molecule has 54 valence electrons. The van der Waals surface area contributed by atoms with Gasteiger partial charge in [0.1, 0.15) is 0 Å². The highest BCUT2D eigenvalue weighted by atomic mass is 35.5. The third-order valence-electron chi connectivity index (χ3n) is 1.15. The van der Waals surface area contributed by atoms with Crippen LogP contribution >= 0.6 is 11.6 Å². The van der Waals surface area contributed by atoms with Crippen LogP contribution in [0.3, 0.4) is 0 Å². The standard InChI is InChI=1S/C6H7ClN2O/c1-4-2-5(3-7)6(10)9-8-4/h2H,3H2,1H3,(H,9,10). The number of aromatic nitrogens is 2. The van der Waals surface area contributed by atoms with Gasteiger partial charge in [0.25, 0.3) is 5.56 Å². The first kappa shape index (κ1) is 7.28. The molecule has 4 heteroatoms.